The van der Waals surface area contributed by atoms with E-state index in [9.17, 15) is 19.2 Å². The molecule has 0 saturated heterocycles. The molecule has 0 aliphatic heterocycles. The van der Waals surface area contributed by atoms with Crippen molar-refractivity contribution in [1.82, 2.24) is 15.5 Å². The Morgan fingerprint density at radius 3 is 2.28 bits per heavy atom. The molecule has 0 spiro atoms. The van der Waals surface area contributed by atoms with Gasteiger partial charge in [-0.1, -0.05) is 37.8 Å². The molecular formula is C27H39N3O6. The van der Waals surface area contributed by atoms with Crippen molar-refractivity contribution in [3.8, 4) is 12.3 Å². The molecule has 1 aromatic carbocycles. The summed E-state index contributed by atoms with van der Waals surface area (Å²) >= 11 is 0. The third-order valence-electron chi connectivity index (χ3n) is 4.99. The van der Waals surface area contributed by atoms with E-state index in [0.29, 0.717) is 24.1 Å². The maximum absolute atomic E-state index is 13.3. The van der Waals surface area contributed by atoms with Crippen LogP contribution < -0.4 is 10.6 Å². The molecule has 1 unspecified atom stereocenters. The van der Waals surface area contributed by atoms with Gasteiger partial charge in [-0.2, -0.15) is 0 Å². The minimum Gasteiger partial charge on any atom is -0.466 e. The van der Waals surface area contributed by atoms with Gasteiger partial charge in [-0.25, -0.2) is 4.79 Å². The quantitative estimate of drug-likeness (QED) is 0.244. The molecule has 198 valence electrons. The SMILES string of the molecule is C#Cc1ccc(C(C(=O)NCCC(=O)OCC)N(CCCCC)C(=O)CNC(=O)OC(C)(C)C)cc1. The second-order valence-electron chi connectivity index (χ2n) is 9.16. The molecule has 0 aromatic heterocycles. The number of hydrogen-bond acceptors (Lipinski definition) is 6. The molecule has 36 heavy (non-hydrogen) atoms. The minimum absolute atomic E-state index is 0.00626. The number of nitrogens with one attached hydrogen (secondary N) is 2. The first-order valence-electron chi connectivity index (χ1n) is 12.3. The Morgan fingerprint density at radius 2 is 1.72 bits per heavy atom. The highest BCUT2D eigenvalue weighted by Crippen LogP contribution is 2.23. The second-order valence-corrected chi connectivity index (χ2v) is 9.16. The van der Waals surface area contributed by atoms with Crippen molar-refractivity contribution in [1.29, 1.82) is 0 Å². The summed E-state index contributed by atoms with van der Waals surface area (Å²) in [6, 6.07) is 5.81. The van der Waals surface area contributed by atoms with Crippen LogP contribution in [0.5, 0.6) is 0 Å². The molecule has 1 atom stereocenters. The molecule has 0 radical (unpaired) electrons. The number of hydrogen-bond donors (Lipinski definition) is 2. The van der Waals surface area contributed by atoms with E-state index >= 15 is 0 Å². The third-order valence-corrected chi connectivity index (χ3v) is 4.99. The minimum atomic E-state index is -0.983. The summed E-state index contributed by atoms with van der Waals surface area (Å²) in [7, 11) is 0. The number of ether oxygens (including phenoxy) is 2. The van der Waals surface area contributed by atoms with Crippen molar-refractivity contribution < 1.29 is 28.7 Å². The Kier molecular flexibility index (Phi) is 13.1. The third kappa shape index (κ3) is 11.3. The maximum Gasteiger partial charge on any atom is 0.408 e. The van der Waals surface area contributed by atoms with Crippen LogP contribution in [0.1, 0.15) is 77.5 Å². The number of amides is 3. The standard InChI is InChI=1S/C27H39N3O6/c1-7-10-11-18-30(22(31)19-29-26(34)36-27(4,5)6)24(21-14-12-20(8-2)13-15-21)25(33)28-17-16-23(32)35-9-3/h2,12-15,24H,7,9-11,16-19H2,1,3-6H3,(H,28,33)(H,29,34). The fourth-order valence-electron chi connectivity index (χ4n) is 3.35. The Hall–Kier alpha value is -3.54. The van der Waals surface area contributed by atoms with Gasteiger partial charge in [0.05, 0.1) is 13.0 Å². The second kappa shape index (κ2) is 15.5. The molecule has 0 aliphatic rings. The van der Waals surface area contributed by atoms with Gasteiger partial charge in [0.15, 0.2) is 0 Å². The van der Waals surface area contributed by atoms with Gasteiger partial charge >= 0.3 is 12.1 Å². The zero-order valence-electron chi connectivity index (χ0n) is 22.0. The molecule has 0 fully saturated rings. The Bertz CT molecular complexity index is 915. The van der Waals surface area contributed by atoms with E-state index in [1.165, 1.54) is 4.90 Å². The Morgan fingerprint density at radius 1 is 1.06 bits per heavy atom. The lowest BCUT2D eigenvalue weighted by Crippen LogP contribution is -2.48. The number of unbranched alkanes of at least 4 members (excludes halogenated alkanes) is 2. The van der Waals surface area contributed by atoms with E-state index in [-0.39, 0.29) is 26.1 Å². The molecule has 9 nitrogen and oxygen atoms in total. The van der Waals surface area contributed by atoms with E-state index in [1.54, 1.807) is 52.0 Å². The van der Waals surface area contributed by atoms with E-state index in [4.69, 9.17) is 15.9 Å². The van der Waals surface area contributed by atoms with Gasteiger partial charge in [0.1, 0.15) is 18.2 Å². The van der Waals surface area contributed by atoms with Crippen LogP contribution in [0.4, 0.5) is 4.79 Å². The zero-order chi connectivity index (χ0) is 27.1. The fourth-order valence-corrected chi connectivity index (χ4v) is 3.35. The summed E-state index contributed by atoms with van der Waals surface area (Å²) in [6.45, 7) is 9.19. The molecule has 0 saturated carbocycles. The number of esters is 1. The van der Waals surface area contributed by atoms with Gasteiger partial charge in [0, 0.05) is 18.7 Å². The predicted molar refractivity (Wildman–Crippen MR) is 137 cm³/mol. The molecule has 1 aromatic rings. The van der Waals surface area contributed by atoms with Crippen LogP contribution in [-0.2, 0) is 23.9 Å². The van der Waals surface area contributed by atoms with Crippen molar-refractivity contribution in [3.05, 3.63) is 35.4 Å². The summed E-state index contributed by atoms with van der Waals surface area (Å²) in [5.74, 6) is 1.22. The average molecular weight is 502 g/mol. The molecule has 0 bridgehead atoms. The van der Waals surface area contributed by atoms with E-state index in [1.807, 2.05) is 6.92 Å². The number of carbonyl (C=O) groups is 4. The summed E-state index contributed by atoms with van der Waals surface area (Å²) < 4.78 is 10.1. The summed E-state index contributed by atoms with van der Waals surface area (Å²) in [6.07, 6.45) is 7.20. The number of terminal acetylenes is 1. The smallest absolute Gasteiger partial charge is 0.408 e. The first-order chi connectivity index (χ1) is 17.0. The van der Waals surface area contributed by atoms with Crippen molar-refractivity contribution in [2.45, 2.75) is 71.9 Å². The Balaban J connectivity index is 3.17. The van der Waals surface area contributed by atoms with E-state index in [0.717, 1.165) is 12.8 Å². The lowest BCUT2D eigenvalue weighted by Gasteiger charge is -2.32. The highest BCUT2D eigenvalue weighted by molar-refractivity contribution is 5.90. The van der Waals surface area contributed by atoms with Crippen LogP contribution in [0.25, 0.3) is 0 Å². The highest BCUT2D eigenvalue weighted by atomic mass is 16.6. The summed E-state index contributed by atoms with van der Waals surface area (Å²) in [5, 5.41) is 5.21. The van der Waals surface area contributed by atoms with Crippen LogP contribution in [-0.4, -0.2) is 60.6 Å². The molecule has 3 amide bonds. The van der Waals surface area contributed by atoms with Crippen LogP contribution >= 0.6 is 0 Å². The van der Waals surface area contributed by atoms with E-state index < -0.39 is 35.5 Å². The van der Waals surface area contributed by atoms with Gasteiger partial charge in [0.25, 0.3) is 0 Å². The van der Waals surface area contributed by atoms with Crippen molar-refractivity contribution in [2.24, 2.45) is 0 Å². The van der Waals surface area contributed by atoms with Gasteiger partial charge in [-0.05, 0) is 51.8 Å². The largest absolute Gasteiger partial charge is 0.466 e. The van der Waals surface area contributed by atoms with Gasteiger partial charge < -0.3 is 25.0 Å². The molecule has 0 aliphatic carbocycles. The summed E-state index contributed by atoms with van der Waals surface area (Å²) in [5.41, 5.74) is 0.481. The molecule has 9 heteroatoms. The lowest BCUT2D eigenvalue weighted by atomic mass is 10.0. The fraction of sp³-hybridized carbons (Fsp3) is 0.556. The summed E-state index contributed by atoms with van der Waals surface area (Å²) in [4.78, 5) is 51.9. The number of rotatable bonds is 13. The maximum atomic E-state index is 13.3. The monoisotopic (exact) mass is 501 g/mol. The molecule has 2 N–H and O–H groups in total. The number of benzene rings is 1. The lowest BCUT2D eigenvalue weighted by molar-refractivity contribution is -0.143. The van der Waals surface area contributed by atoms with Gasteiger partial charge in [0.2, 0.25) is 11.8 Å². The van der Waals surface area contributed by atoms with Crippen molar-refractivity contribution >= 4 is 23.9 Å². The predicted octanol–water partition coefficient (Wildman–Crippen LogP) is 3.32. The molecular weight excluding hydrogens is 462 g/mol. The number of alkyl carbamates (subject to hydrolysis) is 1. The van der Waals surface area contributed by atoms with Crippen LogP contribution in [0.2, 0.25) is 0 Å². The van der Waals surface area contributed by atoms with Crippen molar-refractivity contribution in [2.75, 3.05) is 26.2 Å². The average Bonchev–Trinajstić information content (AvgIpc) is 2.81. The zero-order valence-corrected chi connectivity index (χ0v) is 22.0. The Labute approximate surface area is 214 Å². The van der Waals surface area contributed by atoms with Crippen LogP contribution in [0.3, 0.4) is 0 Å². The van der Waals surface area contributed by atoms with Crippen LogP contribution in [0, 0.1) is 12.3 Å². The van der Waals surface area contributed by atoms with Crippen molar-refractivity contribution in [3.63, 3.8) is 0 Å². The highest BCUT2D eigenvalue weighted by Gasteiger charge is 2.31. The number of nitrogens with zero attached hydrogens (tertiary/aromatic N) is 1. The first-order valence-corrected chi connectivity index (χ1v) is 12.3. The van der Waals surface area contributed by atoms with Gasteiger partial charge in [-0.3, -0.25) is 14.4 Å². The van der Waals surface area contributed by atoms with Gasteiger partial charge in [-0.15, -0.1) is 6.42 Å². The number of carbonyl (C=O) groups excluding carboxylic acids is 4. The topological polar surface area (TPSA) is 114 Å². The van der Waals surface area contributed by atoms with E-state index in [2.05, 4.69) is 16.6 Å². The first kappa shape index (κ1) is 30.5. The molecule has 0 heterocycles. The van der Waals surface area contributed by atoms with Crippen LogP contribution in [0.15, 0.2) is 24.3 Å². The normalized spacial score (nSPS) is 11.6. The molecule has 1 rings (SSSR count).